The van der Waals surface area contributed by atoms with Gasteiger partial charge in [-0.15, -0.1) is 11.3 Å². The maximum atomic E-state index is 12.9. The number of hydrogen-bond donors (Lipinski definition) is 1. The Kier molecular flexibility index (Phi) is 4.32. The molecule has 2 aromatic heterocycles. The van der Waals surface area contributed by atoms with Gasteiger partial charge < -0.3 is 15.3 Å². The number of fused-ring (bicyclic) bond motifs is 3. The zero-order chi connectivity index (χ0) is 18.3. The topological polar surface area (TPSA) is 79.4 Å². The first-order chi connectivity index (χ1) is 12.6. The molecule has 26 heavy (non-hydrogen) atoms. The summed E-state index contributed by atoms with van der Waals surface area (Å²) in [5, 5.41) is 0.711. The molecule has 1 aliphatic rings. The second-order valence-electron chi connectivity index (χ2n) is 6.46. The lowest BCUT2D eigenvalue weighted by molar-refractivity contribution is 0.354. The van der Waals surface area contributed by atoms with E-state index in [4.69, 9.17) is 20.3 Å². The zero-order valence-electron chi connectivity index (χ0n) is 14.9. The standard InChI is InChI=1S/C19H21N3O3S/c1-24-13-8-7-11(9-14(13)25-2)10-16-21-18-17(19(23)22(16)20)12-5-3-4-6-15(12)26-18/h7-9H,3-6,10,20H2,1-2H3. The second kappa shape index (κ2) is 6.64. The van der Waals surface area contributed by atoms with Gasteiger partial charge in [0.15, 0.2) is 11.5 Å². The molecule has 1 aromatic carbocycles. The highest BCUT2D eigenvalue weighted by molar-refractivity contribution is 7.18. The Hall–Kier alpha value is -2.54. The number of rotatable bonds is 4. The summed E-state index contributed by atoms with van der Waals surface area (Å²) in [6.45, 7) is 0. The van der Waals surface area contributed by atoms with E-state index in [1.165, 1.54) is 16.0 Å². The number of nitrogens with two attached hydrogens (primary N) is 1. The van der Waals surface area contributed by atoms with Crippen molar-refractivity contribution in [2.75, 3.05) is 20.1 Å². The monoisotopic (exact) mass is 371 g/mol. The van der Waals surface area contributed by atoms with Crippen molar-refractivity contribution in [2.24, 2.45) is 0 Å². The molecule has 0 atom stereocenters. The molecule has 0 radical (unpaired) electrons. The molecule has 0 saturated heterocycles. The SMILES string of the molecule is COc1ccc(Cc2nc3sc4c(c3c(=O)n2N)CCCC4)cc1OC. The molecule has 136 valence electrons. The smallest absolute Gasteiger partial charge is 0.280 e. The third-order valence-corrected chi connectivity index (χ3v) is 6.09. The van der Waals surface area contributed by atoms with Crippen LogP contribution in [0, 0.1) is 0 Å². The van der Waals surface area contributed by atoms with Crippen LogP contribution in [0.5, 0.6) is 11.5 Å². The highest BCUT2D eigenvalue weighted by atomic mass is 32.1. The molecule has 1 aliphatic carbocycles. The predicted molar refractivity (Wildman–Crippen MR) is 103 cm³/mol. The van der Waals surface area contributed by atoms with Crippen LogP contribution in [0.4, 0.5) is 0 Å². The maximum absolute atomic E-state index is 12.9. The fraction of sp³-hybridized carbons (Fsp3) is 0.368. The van der Waals surface area contributed by atoms with Gasteiger partial charge in [0.25, 0.3) is 5.56 Å². The summed E-state index contributed by atoms with van der Waals surface area (Å²) in [5.74, 6) is 7.96. The number of ether oxygens (including phenoxy) is 2. The minimum atomic E-state index is -0.148. The van der Waals surface area contributed by atoms with Gasteiger partial charge in [0.05, 0.1) is 19.6 Å². The van der Waals surface area contributed by atoms with Gasteiger partial charge in [-0.1, -0.05) is 6.07 Å². The molecule has 0 aliphatic heterocycles. The number of nitrogens with zero attached hydrogens (tertiary/aromatic N) is 2. The lowest BCUT2D eigenvalue weighted by atomic mass is 9.97. The van der Waals surface area contributed by atoms with Crippen molar-refractivity contribution >= 4 is 21.6 Å². The van der Waals surface area contributed by atoms with Crippen LogP contribution in [-0.4, -0.2) is 23.9 Å². The maximum Gasteiger partial charge on any atom is 0.280 e. The van der Waals surface area contributed by atoms with E-state index < -0.39 is 0 Å². The second-order valence-corrected chi connectivity index (χ2v) is 7.54. The van der Waals surface area contributed by atoms with Gasteiger partial charge in [0.1, 0.15) is 10.7 Å². The van der Waals surface area contributed by atoms with Crippen molar-refractivity contribution in [1.29, 1.82) is 0 Å². The largest absolute Gasteiger partial charge is 0.493 e. The van der Waals surface area contributed by atoms with E-state index in [0.29, 0.717) is 29.1 Å². The quantitative estimate of drug-likeness (QED) is 0.713. The Balaban J connectivity index is 1.78. The first-order valence-electron chi connectivity index (χ1n) is 8.64. The third kappa shape index (κ3) is 2.72. The summed E-state index contributed by atoms with van der Waals surface area (Å²) in [4.78, 5) is 19.7. The molecule has 0 spiro atoms. The van der Waals surface area contributed by atoms with Crippen LogP contribution >= 0.6 is 11.3 Å². The summed E-state index contributed by atoms with van der Waals surface area (Å²) in [7, 11) is 3.20. The van der Waals surface area contributed by atoms with Gasteiger partial charge in [-0.05, 0) is 48.9 Å². The normalized spacial score (nSPS) is 13.6. The lowest BCUT2D eigenvalue weighted by Crippen LogP contribution is -2.32. The minimum Gasteiger partial charge on any atom is -0.493 e. The molecule has 2 heterocycles. The summed E-state index contributed by atoms with van der Waals surface area (Å²) in [6, 6.07) is 5.65. The molecule has 0 fully saturated rings. The Labute approximate surface area is 155 Å². The summed E-state index contributed by atoms with van der Waals surface area (Å²) in [6.07, 6.45) is 4.72. The molecular formula is C19H21N3O3S. The van der Waals surface area contributed by atoms with Crippen molar-refractivity contribution in [1.82, 2.24) is 9.66 Å². The first kappa shape index (κ1) is 16.9. The molecule has 3 aromatic rings. The van der Waals surface area contributed by atoms with E-state index in [9.17, 15) is 4.79 Å². The van der Waals surface area contributed by atoms with Gasteiger partial charge in [-0.3, -0.25) is 4.79 Å². The molecule has 6 nitrogen and oxygen atoms in total. The molecule has 7 heteroatoms. The van der Waals surface area contributed by atoms with Crippen LogP contribution < -0.4 is 20.9 Å². The van der Waals surface area contributed by atoms with Crippen molar-refractivity contribution in [3.8, 4) is 11.5 Å². The molecule has 0 bridgehead atoms. The fourth-order valence-corrected chi connectivity index (χ4v) is 4.83. The average Bonchev–Trinajstić information content (AvgIpc) is 3.04. The van der Waals surface area contributed by atoms with E-state index in [1.54, 1.807) is 25.6 Å². The molecule has 0 amide bonds. The van der Waals surface area contributed by atoms with Gasteiger partial charge >= 0.3 is 0 Å². The van der Waals surface area contributed by atoms with E-state index >= 15 is 0 Å². The number of benzene rings is 1. The number of thiophene rings is 1. The number of aryl methyl sites for hydroxylation is 2. The average molecular weight is 371 g/mol. The summed E-state index contributed by atoms with van der Waals surface area (Å²) in [5.41, 5.74) is 1.96. The van der Waals surface area contributed by atoms with Gasteiger partial charge in [0, 0.05) is 11.3 Å². The highest BCUT2D eigenvalue weighted by Crippen LogP contribution is 2.34. The fourth-order valence-electron chi connectivity index (χ4n) is 3.56. The first-order valence-corrected chi connectivity index (χ1v) is 9.46. The number of aromatic nitrogens is 2. The Morgan fingerprint density at radius 1 is 1.19 bits per heavy atom. The van der Waals surface area contributed by atoms with Gasteiger partial charge in [-0.2, -0.15) is 0 Å². The van der Waals surface area contributed by atoms with Crippen LogP contribution in [0.2, 0.25) is 0 Å². The minimum absolute atomic E-state index is 0.148. The van der Waals surface area contributed by atoms with Crippen molar-refractivity contribution in [2.45, 2.75) is 32.1 Å². The third-order valence-electron chi connectivity index (χ3n) is 4.90. The van der Waals surface area contributed by atoms with Crippen LogP contribution in [0.25, 0.3) is 10.2 Å². The van der Waals surface area contributed by atoms with Crippen LogP contribution in [0.3, 0.4) is 0 Å². The molecule has 0 unspecified atom stereocenters. The van der Waals surface area contributed by atoms with Gasteiger partial charge in [-0.25, -0.2) is 9.66 Å². The van der Waals surface area contributed by atoms with Crippen LogP contribution in [-0.2, 0) is 19.3 Å². The van der Waals surface area contributed by atoms with Crippen molar-refractivity contribution in [3.05, 3.63) is 50.4 Å². The Morgan fingerprint density at radius 3 is 2.73 bits per heavy atom. The predicted octanol–water partition coefficient (Wildman–Crippen LogP) is 2.66. The molecule has 0 saturated carbocycles. The summed E-state index contributed by atoms with van der Waals surface area (Å²) >= 11 is 1.64. The number of methoxy groups -OCH3 is 2. The van der Waals surface area contributed by atoms with Crippen molar-refractivity contribution < 1.29 is 9.47 Å². The van der Waals surface area contributed by atoms with Crippen molar-refractivity contribution in [3.63, 3.8) is 0 Å². The number of nitrogen functional groups attached to an aromatic ring is 1. The lowest BCUT2D eigenvalue weighted by Gasteiger charge is -2.12. The van der Waals surface area contributed by atoms with Crippen LogP contribution in [0.1, 0.15) is 34.7 Å². The van der Waals surface area contributed by atoms with Crippen LogP contribution in [0.15, 0.2) is 23.0 Å². The van der Waals surface area contributed by atoms with E-state index in [-0.39, 0.29) is 5.56 Å². The van der Waals surface area contributed by atoms with E-state index in [0.717, 1.165) is 35.2 Å². The van der Waals surface area contributed by atoms with E-state index in [1.807, 2.05) is 18.2 Å². The Bertz CT molecular complexity index is 1040. The number of hydrogen-bond acceptors (Lipinski definition) is 6. The molecule has 4 rings (SSSR count). The summed E-state index contributed by atoms with van der Waals surface area (Å²) < 4.78 is 11.8. The molecule has 2 N–H and O–H groups in total. The molecular weight excluding hydrogens is 350 g/mol. The highest BCUT2D eigenvalue weighted by Gasteiger charge is 2.21. The van der Waals surface area contributed by atoms with Gasteiger partial charge in [0.2, 0.25) is 0 Å². The Morgan fingerprint density at radius 2 is 1.96 bits per heavy atom. The van der Waals surface area contributed by atoms with E-state index in [2.05, 4.69) is 0 Å². The zero-order valence-corrected chi connectivity index (χ0v) is 15.7.